The molecule has 0 radical (unpaired) electrons. The van der Waals surface area contributed by atoms with Crippen LogP contribution in [-0.2, 0) is 4.79 Å². The van der Waals surface area contributed by atoms with Crippen LogP contribution in [-0.4, -0.2) is 88.2 Å². The molecule has 0 aliphatic carbocycles. The van der Waals surface area contributed by atoms with E-state index in [9.17, 15) is 9.90 Å². The second kappa shape index (κ2) is 11.8. The van der Waals surface area contributed by atoms with Crippen LogP contribution in [0.5, 0.6) is 11.8 Å². The van der Waals surface area contributed by atoms with Gasteiger partial charge in [-0.2, -0.15) is 9.97 Å². The zero-order valence-corrected chi connectivity index (χ0v) is 25.4. The lowest BCUT2D eigenvalue weighted by molar-refractivity contribution is -0.128. The minimum Gasteiger partial charge on any atom is -0.508 e. The van der Waals surface area contributed by atoms with E-state index in [1.165, 1.54) is 24.3 Å². The van der Waals surface area contributed by atoms with Gasteiger partial charge in [-0.05, 0) is 80.1 Å². The van der Waals surface area contributed by atoms with Crippen LogP contribution >= 0.6 is 0 Å². The van der Waals surface area contributed by atoms with Crippen molar-refractivity contribution in [3.8, 4) is 22.9 Å². The first kappa shape index (κ1) is 29.9. The van der Waals surface area contributed by atoms with Crippen LogP contribution in [0.25, 0.3) is 37.6 Å². The monoisotopic (exact) mass is 624 g/mol. The standard InChI is InChI=1S/C35H34F2N6O3/c1-3-29(45)43-16-15-41(20-23(43)19-38-2)33-26-10-9-25(27-18-24(44)17-22-7-4-8-28(36)30(22)27)31(37)32(26)39-34(40-33)46-21-35-11-5-13-42(35)14-6-12-35/h3-4,7-10,17-18,23,44H,1,5-6,11-16,19-21H2/t23-/m0/s1. The quantitative estimate of drug-likeness (QED) is 0.213. The molecule has 11 heteroatoms. The first-order chi connectivity index (χ1) is 22.3. The number of benzene rings is 3. The third kappa shape index (κ3) is 5.07. The fourth-order valence-corrected chi connectivity index (χ4v) is 7.59. The summed E-state index contributed by atoms with van der Waals surface area (Å²) in [5.41, 5.74) is 0.200. The van der Waals surface area contributed by atoms with Crippen molar-refractivity contribution in [2.24, 2.45) is 0 Å². The summed E-state index contributed by atoms with van der Waals surface area (Å²) in [6.45, 7) is 14.6. The number of hydrogen-bond acceptors (Lipinski definition) is 7. The highest BCUT2D eigenvalue weighted by atomic mass is 19.1. The van der Waals surface area contributed by atoms with Crippen LogP contribution in [0.4, 0.5) is 14.6 Å². The van der Waals surface area contributed by atoms with Crippen molar-refractivity contribution in [2.45, 2.75) is 37.3 Å². The molecular weight excluding hydrogens is 590 g/mol. The minimum atomic E-state index is -0.694. The number of rotatable bonds is 7. The van der Waals surface area contributed by atoms with Crippen LogP contribution in [0.15, 0.2) is 55.1 Å². The van der Waals surface area contributed by atoms with Crippen molar-refractivity contribution >= 4 is 33.4 Å². The summed E-state index contributed by atoms with van der Waals surface area (Å²) >= 11 is 0. The number of carbonyl (C=O) groups excluding carboxylic acids is 1. The summed E-state index contributed by atoms with van der Waals surface area (Å²) in [4.78, 5) is 31.6. The van der Waals surface area contributed by atoms with Crippen LogP contribution < -0.4 is 9.64 Å². The van der Waals surface area contributed by atoms with E-state index in [-0.39, 0.29) is 51.8 Å². The molecule has 4 aromatic rings. The summed E-state index contributed by atoms with van der Waals surface area (Å²) in [5, 5.41) is 11.5. The average Bonchev–Trinajstić information content (AvgIpc) is 3.64. The number of piperazine rings is 1. The molecule has 3 aromatic carbocycles. The Bertz CT molecular complexity index is 1900. The molecule has 1 amide bonds. The molecule has 46 heavy (non-hydrogen) atoms. The summed E-state index contributed by atoms with van der Waals surface area (Å²) in [6, 6.07) is 10.2. The molecule has 4 heterocycles. The lowest BCUT2D eigenvalue weighted by Gasteiger charge is -2.39. The minimum absolute atomic E-state index is 0.00357. The van der Waals surface area contributed by atoms with Crippen molar-refractivity contribution in [1.29, 1.82) is 0 Å². The fraction of sp³-hybridized carbons (Fsp3) is 0.371. The van der Waals surface area contributed by atoms with Gasteiger partial charge in [0.2, 0.25) is 12.5 Å². The number of aromatic nitrogens is 2. The second-order valence-electron chi connectivity index (χ2n) is 12.4. The lowest BCUT2D eigenvalue weighted by Crippen LogP contribution is -2.56. The van der Waals surface area contributed by atoms with E-state index in [4.69, 9.17) is 16.3 Å². The number of carbonyl (C=O) groups is 1. The van der Waals surface area contributed by atoms with Crippen LogP contribution in [0, 0.1) is 18.2 Å². The van der Waals surface area contributed by atoms with Gasteiger partial charge in [-0.15, -0.1) is 0 Å². The van der Waals surface area contributed by atoms with E-state index < -0.39 is 17.7 Å². The Morgan fingerprint density at radius 2 is 1.91 bits per heavy atom. The molecule has 9 nitrogen and oxygen atoms in total. The Morgan fingerprint density at radius 3 is 2.67 bits per heavy atom. The van der Waals surface area contributed by atoms with Crippen molar-refractivity contribution in [3.05, 3.63) is 78.2 Å². The predicted molar refractivity (Wildman–Crippen MR) is 172 cm³/mol. The summed E-state index contributed by atoms with van der Waals surface area (Å²) in [6.07, 6.45) is 5.46. The number of halogens is 2. The van der Waals surface area contributed by atoms with Gasteiger partial charge in [0.15, 0.2) is 5.82 Å². The number of amides is 1. The van der Waals surface area contributed by atoms with Crippen molar-refractivity contribution < 1.29 is 23.4 Å². The number of anilines is 1. The van der Waals surface area contributed by atoms with Crippen molar-refractivity contribution in [3.63, 3.8) is 0 Å². The van der Waals surface area contributed by atoms with E-state index in [2.05, 4.69) is 21.3 Å². The Balaban J connectivity index is 1.35. The number of phenols is 1. The van der Waals surface area contributed by atoms with Gasteiger partial charge in [-0.3, -0.25) is 9.69 Å². The van der Waals surface area contributed by atoms with Crippen molar-refractivity contribution in [1.82, 2.24) is 19.8 Å². The number of ether oxygens (including phenoxy) is 1. The number of phenolic OH excluding ortho intramolecular Hbond substituents is 1. The first-order valence-corrected chi connectivity index (χ1v) is 15.6. The van der Waals surface area contributed by atoms with Crippen molar-refractivity contribution in [2.75, 3.05) is 50.8 Å². The smallest absolute Gasteiger partial charge is 0.319 e. The van der Waals surface area contributed by atoms with Gasteiger partial charge in [-0.25, -0.2) is 15.4 Å². The lowest BCUT2D eigenvalue weighted by atomic mass is 9.95. The maximum Gasteiger partial charge on any atom is 0.319 e. The maximum atomic E-state index is 16.8. The van der Waals surface area contributed by atoms with Gasteiger partial charge in [-0.1, -0.05) is 24.8 Å². The molecule has 1 atom stereocenters. The van der Waals surface area contributed by atoms with E-state index in [1.807, 2.05) is 4.90 Å². The number of hydrogen-bond donors (Lipinski definition) is 1. The van der Waals surface area contributed by atoms with Gasteiger partial charge < -0.3 is 24.5 Å². The molecule has 3 saturated heterocycles. The third-order valence-electron chi connectivity index (χ3n) is 9.79. The van der Waals surface area contributed by atoms with E-state index in [0.29, 0.717) is 42.8 Å². The molecule has 0 unspecified atom stereocenters. The Morgan fingerprint density at radius 1 is 1.11 bits per heavy atom. The second-order valence-corrected chi connectivity index (χ2v) is 12.4. The number of nitrogens with zero attached hydrogens (tertiary/aromatic N) is 6. The molecule has 236 valence electrons. The zero-order valence-electron chi connectivity index (χ0n) is 25.4. The summed E-state index contributed by atoms with van der Waals surface area (Å²) in [5.74, 6) is -1.15. The van der Waals surface area contributed by atoms with Gasteiger partial charge in [0.05, 0.1) is 5.54 Å². The number of aromatic hydroxyl groups is 1. The van der Waals surface area contributed by atoms with Gasteiger partial charge in [0.25, 0.3) is 0 Å². The van der Waals surface area contributed by atoms with E-state index >= 15 is 8.78 Å². The largest absolute Gasteiger partial charge is 0.508 e. The summed E-state index contributed by atoms with van der Waals surface area (Å²) < 4.78 is 38.2. The molecule has 3 aliphatic rings. The Labute approximate surface area is 265 Å². The highest BCUT2D eigenvalue weighted by Crippen LogP contribution is 2.41. The first-order valence-electron chi connectivity index (χ1n) is 15.6. The molecule has 1 aromatic heterocycles. The van der Waals surface area contributed by atoms with E-state index in [0.717, 1.165) is 38.8 Å². The topological polar surface area (TPSA) is 86.4 Å². The van der Waals surface area contributed by atoms with Crippen LogP contribution in [0.3, 0.4) is 0 Å². The van der Waals surface area contributed by atoms with E-state index in [1.54, 1.807) is 29.2 Å². The zero-order chi connectivity index (χ0) is 32.0. The third-order valence-corrected chi connectivity index (χ3v) is 9.79. The van der Waals surface area contributed by atoms with Crippen LogP contribution in [0.2, 0.25) is 0 Å². The van der Waals surface area contributed by atoms with Gasteiger partial charge in [0, 0.05) is 36.0 Å². The Hall–Kier alpha value is -4.82. The number of fused-ring (bicyclic) bond motifs is 3. The fourth-order valence-electron chi connectivity index (χ4n) is 7.59. The van der Waals surface area contributed by atoms with Gasteiger partial charge in [0.1, 0.15) is 35.6 Å². The maximum absolute atomic E-state index is 16.8. The van der Waals surface area contributed by atoms with Crippen LogP contribution in [0.1, 0.15) is 25.7 Å². The molecule has 0 spiro atoms. The van der Waals surface area contributed by atoms with Gasteiger partial charge >= 0.3 is 6.01 Å². The normalized spacial score (nSPS) is 19.4. The SMILES string of the molecule is [C-]#[N+]C[C@H]1CN(c2nc(OCC34CCCN3CCC4)nc3c(F)c(-c4cc(O)cc5cccc(F)c45)ccc23)CCN1C(=O)C=C. The molecule has 1 N–H and O–H groups in total. The summed E-state index contributed by atoms with van der Waals surface area (Å²) in [7, 11) is 0. The molecular formula is C35H34F2N6O3. The Kier molecular flexibility index (Phi) is 7.69. The molecule has 3 fully saturated rings. The molecule has 0 bridgehead atoms. The highest BCUT2D eigenvalue weighted by Gasteiger charge is 2.45. The predicted octanol–water partition coefficient (Wildman–Crippen LogP) is 5.56. The molecule has 0 saturated carbocycles. The highest BCUT2D eigenvalue weighted by molar-refractivity contribution is 6.01. The average molecular weight is 625 g/mol. The molecule has 3 aliphatic heterocycles. The molecule has 7 rings (SSSR count).